The molecule has 2 heteroatoms. The molecule has 1 saturated carbocycles. The molecule has 0 N–H and O–H groups in total. The number of carbonyl (C=O) groups excluding carboxylic acids is 1. The molecule has 2 aliphatic rings. The monoisotopic (exact) mass is 352 g/mol. The van der Waals surface area contributed by atoms with Crippen LogP contribution in [0.2, 0.25) is 0 Å². The van der Waals surface area contributed by atoms with Crippen LogP contribution in [0.5, 0.6) is 5.75 Å². The van der Waals surface area contributed by atoms with Crippen LogP contribution in [0.25, 0.3) is 0 Å². The van der Waals surface area contributed by atoms with Gasteiger partial charge in [-0.1, -0.05) is 31.2 Å². The summed E-state index contributed by atoms with van der Waals surface area (Å²) in [7, 11) is 1.65. The van der Waals surface area contributed by atoms with Gasteiger partial charge in [0, 0.05) is 12.3 Å². The van der Waals surface area contributed by atoms with Crippen LogP contribution >= 0.6 is 0 Å². The SMILES string of the molecule is C=CC1CCC(C2C=CC(c3ccc(C(=O)CC)c(OC)c3)CC2)CC1. The molecule has 0 bridgehead atoms. The maximum Gasteiger partial charge on any atom is 0.166 e. The highest BCUT2D eigenvalue weighted by molar-refractivity contribution is 5.98. The van der Waals surface area contributed by atoms with Gasteiger partial charge in [-0.25, -0.2) is 0 Å². The third-order valence-electron chi connectivity index (χ3n) is 6.43. The van der Waals surface area contributed by atoms with Gasteiger partial charge < -0.3 is 4.74 Å². The molecule has 140 valence electrons. The van der Waals surface area contributed by atoms with Gasteiger partial charge in [-0.05, 0) is 74.0 Å². The van der Waals surface area contributed by atoms with Crippen molar-refractivity contribution in [3.05, 3.63) is 54.1 Å². The molecule has 2 atom stereocenters. The number of ether oxygens (including phenoxy) is 1. The summed E-state index contributed by atoms with van der Waals surface area (Å²) in [5.74, 6) is 3.62. The molecule has 2 unspecified atom stereocenters. The Hall–Kier alpha value is -1.83. The minimum absolute atomic E-state index is 0.141. The van der Waals surface area contributed by atoms with Gasteiger partial charge in [0.25, 0.3) is 0 Å². The Morgan fingerprint density at radius 1 is 1.15 bits per heavy atom. The Morgan fingerprint density at radius 2 is 1.92 bits per heavy atom. The highest BCUT2D eigenvalue weighted by Gasteiger charge is 2.28. The summed E-state index contributed by atoms with van der Waals surface area (Å²) in [4.78, 5) is 12.0. The Bertz CT molecular complexity index is 665. The van der Waals surface area contributed by atoms with Gasteiger partial charge in [0.1, 0.15) is 5.75 Å². The van der Waals surface area contributed by atoms with Crippen LogP contribution in [0.4, 0.5) is 0 Å². The van der Waals surface area contributed by atoms with Crippen molar-refractivity contribution >= 4 is 5.78 Å². The van der Waals surface area contributed by atoms with Crippen molar-refractivity contribution in [1.82, 2.24) is 0 Å². The van der Waals surface area contributed by atoms with Crippen molar-refractivity contribution in [2.45, 2.75) is 57.8 Å². The first-order valence-corrected chi connectivity index (χ1v) is 10.2. The molecule has 0 spiro atoms. The first-order valence-electron chi connectivity index (χ1n) is 10.2. The number of ketones is 1. The van der Waals surface area contributed by atoms with Gasteiger partial charge in [0.15, 0.2) is 5.78 Å². The molecular formula is C24H32O2. The van der Waals surface area contributed by atoms with E-state index in [1.165, 1.54) is 44.1 Å². The Balaban J connectivity index is 1.67. The summed E-state index contributed by atoms with van der Waals surface area (Å²) < 4.78 is 5.48. The summed E-state index contributed by atoms with van der Waals surface area (Å²) in [5.41, 5.74) is 1.97. The summed E-state index contributed by atoms with van der Waals surface area (Å²) >= 11 is 0. The Morgan fingerprint density at radius 3 is 2.50 bits per heavy atom. The molecule has 3 rings (SSSR count). The van der Waals surface area contributed by atoms with Crippen LogP contribution in [0, 0.1) is 17.8 Å². The van der Waals surface area contributed by atoms with Gasteiger partial charge in [-0.3, -0.25) is 4.79 Å². The average Bonchev–Trinajstić information content (AvgIpc) is 2.73. The van der Waals surface area contributed by atoms with Crippen molar-refractivity contribution in [2.75, 3.05) is 7.11 Å². The zero-order chi connectivity index (χ0) is 18.5. The fourth-order valence-corrected chi connectivity index (χ4v) is 4.68. The molecule has 0 amide bonds. The van der Waals surface area contributed by atoms with E-state index in [1.54, 1.807) is 7.11 Å². The molecule has 0 aliphatic heterocycles. The van der Waals surface area contributed by atoms with Gasteiger partial charge in [0.05, 0.1) is 12.7 Å². The fourth-order valence-electron chi connectivity index (χ4n) is 4.68. The minimum atomic E-state index is 0.141. The molecule has 1 aromatic carbocycles. The van der Waals surface area contributed by atoms with Crippen molar-refractivity contribution in [2.24, 2.45) is 17.8 Å². The smallest absolute Gasteiger partial charge is 0.166 e. The maximum atomic E-state index is 12.0. The molecule has 26 heavy (non-hydrogen) atoms. The van der Waals surface area contributed by atoms with E-state index in [0.717, 1.165) is 17.8 Å². The molecule has 2 aliphatic carbocycles. The van der Waals surface area contributed by atoms with Crippen LogP contribution < -0.4 is 4.74 Å². The normalized spacial score (nSPS) is 28.5. The summed E-state index contributed by atoms with van der Waals surface area (Å²) in [6, 6.07) is 6.11. The van der Waals surface area contributed by atoms with Gasteiger partial charge >= 0.3 is 0 Å². The highest BCUT2D eigenvalue weighted by Crippen LogP contribution is 2.41. The summed E-state index contributed by atoms with van der Waals surface area (Å²) in [5, 5.41) is 0. The van der Waals surface area contributed by atoms with E-state index in [1.807, 2.05) is 13.0 Å². The van der Waals surface area contributed by atoms with Crippen LogP contribution in [-0.4, -0.2) is 12.9 Å². The van der Waals surface area contributed by atoms with Gasteiger partial charge in [0.2, 0.25) is 0 Å². The number of rotatable bonds is 6. The molecular weight excluding hydrogens is 320 g/mol. The van der Waals surface area contributed by atoms with Crippen molar-refractivity contribution in [3.63, 3.8) is 0 Å². The maximum absolute atomic E-state index is 12.0. The third-order valence-corrected chi connectivity index (χ3v) is 6.43. The van der Waals surface area contributed by atoms with E-state index in [9.17, 15) is 4.79 Å². The topological polar surface area (TPSA) is 26.3 Å². The van der Waals surface area contributed by atoms with Gasteiger partial charge in [-0.2, -0.15) is 0 Å². The second-order valence-electron chi connectivity index (χ2n) is 7.88. The van der Waals surface area contributed by atoms with E-state index in [0.29, 0.717) is 23.7 Å². The molecule has 0 radical (unpaired) electrons. The van der Waals surface area contributed by atoms with Crippen molar-refractivity contribution in [3.8, 4) is 5.75 Å². The number of benzene rings is 1. The molecule has 1 aromatic rings. The van der Waals surface area contributed by atoms with E-state index in [4.69, 9.17) is 4.74 Å². The zero-order valence-corrected chi connectivity index (χ0v) is 16.2. The lowest BCUT2D eigenvalue weighted by molar-refractivity contribution is 0.0985. The lowest BCUT2D eigenvalue weighted by Gasteiger charge is -2.34. The molecule has 0 saturated heterocycles. The first-order chi connectivity index (χ1) is 12.7. The predicted molar refractivity (Wildman–Crippen MR) is 108 cm³/mol. The highest BCUT2D eigenvalue weighted by atomic mass is 16.5. The third kappa shape index (κ3) is 4.11. The molecule has 2 nitrogen and oxygen atoms in total. The Labute approximate surface area is 158 Å². The van der Waals surface area contributed by atoms with E-state index >= 15 is 0 Å². The average molecular weight is 353 g/mol. The lowest BCUT2D eigenvalue weighted by Crippen LogP contribution is -2.22. The number of hydrogen-bond acceptors (Lipinski definition) is 2. The predicted octanol–water partition coefficient (Wildman–Crippen LogP) is 6.33. The zero-order valence-electron chi connectivity index (χ0n) is 16.2. The minimum Gasteiger partial charge on any atom is -0.496 e. The quantitative estimate of drug-likeness (QED) is 0.442. The van der Waals surface area contributed by atoms with Crippen LogP contribution in [0.1, 0.15) is 73.7 Å². The lowest BCUT2D eigenvalue weighted by atomic mass is 9.71. The van der Waals surface area contributed by atoms with E-state index in [-0.39, 0.29) is 5.78 Å². The number of allylic oxidation sites excluding steroid dienone is 3. The second kappa shape index (κ2) is 8.70. The number of methoxy groups -OCH3 is 1. The number of carbonyl (C=O) groups is 1. The first kappa shape index (κ1) is 18.9. The van der Waals surface area contributed by atoms with Gasteiger partial charge in [-0.15, -0.1) is 6.58 Å². The van der Waals surface area contributed by atoms with Crippen molar-refractivity contribution in [1.29, 1.82) is 0 Å². The fraction of sp³-hybridized carbons (Fsp3) is 0.542. The van der Waals surface area contributed by atoms with Crippen LogP contribution in [0.15, 0.2) is 43.0 Å². The summed E-state index contributed by atoms with van der Waals surface area (Å²) in [6.45, 7) is 5.85. The summed E-state index contributed by atoms with van der Waals surface area (Å²) in [6.07, 6.45) is 15.3. The second-order valence-corrected chi connectivity index (χ2v) is 7.88. The standard InChI is InChI=1S/C24H32O2/c1-4-17-6-8-18(9-7-17)19-10-12-20(13-11-19)21-14-15-22(23(25)5-2)24(16-21)26-3/h4,10,12,14-20H,1,5-9,11,13H2,2-3H3. The number of Topliss-reactive ketones (excluding diaryl/α,β-unsaturated/α-hetero) is 1. The van der Waals surface area contributed by atoms with Crippen LogP contribution in [0.3, 0.4) is 0 Å². The molecule has 1 fully saturated rings. The number of hydrogen-bond donors (Lipinski definition) is 0. The Kier molecular flexibility index (Phi) is 6.34. The van der Waals surface area contributed by atoms with Crippen molar-refractivity contribution < 1.29 is 9.53 Å². The largest absolute Gasteiger partial charge is 0.496 e. The van der Waals surface area contributed by atoms with E-state index in [2.05, 4.69) is 36.9 Å². The van der Waals surface area contributed by atoms with E-state index < -0.39 is 0 Å². The molecule has 0 aromatic heterocycles. The molecule has 0 heterocycles. The van der Waals surface area contributed by atoms with Crippen LogP contribution in [-0.2, 0) is 0 Å².